The highest BCUT2D eigenvalue weighted by molar-refractivity contribution is 6.25. The third kappa shape index (κ3) is 5.41. The Morgan fingerprint density at radius 2 is 1.30 bits per heavy atom. The summed E-state index contributed by atoms with van der Waals surface area (Å²) in [6.45, 7) is 3.85. The minimum absolute atomic E-state index is 0.0718. The van der Waals surface area contributed by atoms with Crippen LogP contribution in [0.2, 0.25) is 0 Å². The number of benzene rings is 6. The van der Waals surface area contributed by atoms with Gasteiger partial charge in [0.2, 0.25) is 0 Å². The van der Waals surface area contributed by atoms with E-state index in [4.69, 9.17) is 18.6 Å². The zero-order valence-corrected chi connectivity index (χ0v) is 26.1. The zero-order chi connectivity index (χ0) is 32.1. The first-order valence-electron chi connectivity index (χ1n) is 15.8. The first-order valence-corrected chi connectivity index (χ1v) is 15.8. The predicted molar refractivity (Wildman–Crippen MR) is 182 cm³/mol. The fourth-order valence-electron chi connectivity index (χ4n) is 6.62. The molecule has 3 atom stereocenters. The van der Waals surface area contributed by atoms with E-state index >= 15 is 0 Å². The Kier molecular flexibility index (Phi) is 7.23. The van der Waals surface area contributed by atoms with Gasteiger partial charge in [-0.1, -0.05) is 83.9 Å². The van der Waals surface area contributed by atoms with Crippen LogP contribution in [0.1, 0.15) is 50.1 Å². The van der Waals surface area contributed by atoms with Crippen molar-refractivity contribution in [3.05, 3.63) is 143 Å². The second kappa shape index (κ2) is 11.7. The molecule has 1 saturated heterocycles. The summed E-state index contributed by atoms with van der Waals surface area (Å²) in [5.41, 5.74) is 3.98. The molecule has 2 heterocycles. The Morgan fingerprint density at radius 1 is 0.681 bits per heavy atom. The fraction of sp³-hybridized carbons (Fsp3) is 0.171. The lowest BCUT2D eigenvalue weighted by atomic mass is 9.91. The predicted octanol–water partition coefficient (Wildman–Crippen LogP) is 9.37. The van der Waals surface area contributed by atoms with E-state index in [-0.39, 0.29) is 6.61 Å². The molecule has 1 aliphatic heterocycles. The Labute approximate surface area is 271 Å². The minimum Gasteiger partial charge on any atom is -0.459 e. The van der Waals surface area contributed by atoms with Gasteiger partial charge in [-0.25, -0.2) is 9.59 Å². The van der Waals surface area contributed by atoms with E-state index in [1.165, 1.54) is 26.9 Å². The van der Waals surface area contributed by atoms with Crippen LogP contribution < -0.4 is 0 Å². The van der Waals surface area contributed by atoms with Gasteiger partial charge in [0.05, 0.1) is 11.1 Å². The Bertz CT molecular complexity index is 2230. The maximum atomic E-state index is 13.1. The lowest BCUT2D eigenvalue weighted by Gasteiger charge is -2.19. The minimum atomic E-state index is -0.674. The molecule has 1 aliphatic rings. The summed E-state index contributed by atoms with van der Waals surface area (Å²) < 4.78 is 24.5. The molecular weight excluding hydrogens is 588 g/mol. The number of rotatable bonds is 7. The topological polar surface area (TPSA) is 75.0 Å². The van der Waals surface area contributed by atoms with Gasteiger partial charge in [-0.3, -0.25) is 0 Å². The van der Waals surface area contributed by atoms with Crippen LogP contribution in [-0.4, -0.2) is 30.8 Å². The Morgan fingerprint density at radius 3 is 2.00 bits per heavy atom. The molecule has 0 bridgehead atoms. The quantitative estimate of drug-likeness (QED) is 0.131. The Hall–Kier alpha value is -5.46. The van der Waals surface area contributed by atoms with Crippen LogP contribution in [0.3, 0.4) is 0 Å². The van der Waals surface area contributed by atoms with Crippen LogP contribution in [0.4, 0.5) is 0 Å². The van der Waals surface area contributed by atoms with Crippen molar-refractivity contribution in [3.63, 3.8) is 0 Å². The molecule has 1 fully saturated rings. The van der Waals surface area contributed by atoms with Crippen molar-refractivity contribution >= 4 is 44.3 Å². The van der Waals surface area contributed by atoms with E-state index in [0.717, 1.165) is 27.8 Å². The molecule has 0 saturated carbocycles. The molecule has 7 aromatic rings. The van der Waals surface area contributed by atoms with E-state index in [0.29, 0.717) is 23.3 Å². The first-order chi connectivity index (χ1) is 22.9. The number of furan rings is 1. The molecule has 0 spiro atoms. The van der Waals surface area contributed by atoms with Gasteiger partial charge in [-0.15, -0.1) is 0 Å². The smallest absolute Gasteiger partial charge is 0.338 e. The van der Waals surface area contributed by atoms with Gasteiger partial charge in [0.15, 0.2) is 0 Å². The summed E-state index contributed by atoms with van der Waals surface area (Å²) in [4.78, 5) is 26.0. The Balaban J connectivity index is 1.07. The summed E-state index contributed by atoms with van der Waals surface area (Å²) in [6, 6.07) is 37.5. The summed E-state index contributed by atoms with van der Waals surface area (Å²) in [5.74, 6) is 0.427. The number of carbonyl (C=O) groups is 2. The molecule has 232 valence electrons. The second-order valence-electron chi connectivity index (χ2n) is 12.3. The lowest BCUT2D eigenvalue weighted by Crippen LogP contribution is -2.32. The normalized spacial score (nSPS) is 17.9. The van der Waals surface area contributed by atoms with E-state index in [2.05, 4.69) is 54.6 Å². The van der Waals surface area contributed by atoms with E-state index in [9.17, 15) is 9.59 Å². The summed E-state index contributed by atoms with van der Waals surface area (Å²) >= 11 is 0. The van der Waals surface area contributed by atoms with E-state index in [1.807, 2.05) is 50.2 Å². The van der Waals surface area contributed by atoms with Gasteiger partial charge in [0.1, 0.15) is 36.4 Å². The molecule has 0 aliphatic carbocycles. The average molecular weight is 621 g/mol. The largest absolute Gasteiger partial charge is 0.459 e. The SMILES string of the molecule is Cc1ccc(C(=O)OC[C@H]2O[C@@H](c3ccc(-c4ccc5ccc6cccc7ccc4c5c67)o3)C[C@@H]2OC(=O)c2ccc(C)cc2)cc1. The van der Waals surface area contributed by atoms with Gasteiger partial charge in [-0.2, -0.15) is 0 Å². The molecule has 0 amide bonds. The molecule has 0 unspecified atom stereocenters. The standard InChI is InChI=1S/C41H32O6/c1-24-6-10-29(11-7-24)40(42)44-23-37-36(47-41(43)30-12-8-25(2)9-13-30)22-35(46-37)34-21-20-33(45-34)31-18-16-28-15-14-26-4-3-5-27-17-19-32(31)39(28)38(26)27/h3-21,35-37H,22-23H2,1-2H3/t35-,36+,37-/m1/s1. The van der Waals surface area contributed by atoms with Crippen molar-refractivity contribution in [1.82, 2.24) is 0 Å². The molecule has 6 nitrogen and oxygen atoms in total. The van der Waals surface area contributed by atoms with Gasteiger partial charge in [0.25, 0.3) is 0 Å². The molecule has 6 aromatic carbocycles. The van der Waals surface area contributed by atoms with Gasteiger partial charge < -0.3 is 18.6 Å². The van der Waals surface area contributed by atoms with Gasteiger partial charge >= 0.3 is 11.9 Å². The van der Waals surface area contributed by atoms with Crippen LogP contribution in [0.25, 0.3) is 43.6 Å². The monoisotopic (exact) mass is 620 g/mol. The van der Waals surface area contributed by atoms with Crippen molar-refractivity contribution < 1.29 is 28.2 Å². The van der Waals surface area contributed by atoms with Crippen molar-refractivity contribution in [2.45, 2.75) is 38.6 Å². The highest BCUT2D eigenvalue weighted by Crippen LogP contribution is 2.42. The molecule has 6 heteroatoms. The fourth-order valence-corrected chi connectivity index (χ4v) is 6.62. The van der Waals surface area contributed by atoms with Gasteiger partial charge in [0, 0.05) is 12.0 Å². The molecule has 8 rings (SSSR count). The first kappa shape index (κ1) is 29.0. The summed E-state index contributed by atoms with van der Waals surface area (Å²) in [5, 5.41) is 7.17. The highest BCUT2D eigenvalue weighted by Gasteiger charge is 2.41. The van der Waals surface area contributed by atoms with E-state index < -0.39 is 30.3 Å². The molecular formula is C41H32O6. The number of carbonyl (C=O) groups excluding carboxylic acids is 2. The maximum absolute atomic E-state index is 13.1. The van der Waals surface area contributed by atoms with Gasteiger partial charge in [-0.05, 0) is 88.6 Å². The molecule has 0 radical (unpaired) electrons. The number of hydrogen-bond donors (Lipinski definition) is 0. The van der Waals surface area contributed by atoms with Crippen molar-refractivity contribution in [2.24, 2.45) is 0 Å². The van der Waals surface area contributed by atoms with Crippen molar-refractivity contribution in [1.29, 1.82) is 0 Å². The number of esters is 2. The zero-order valence-electron chi connectivity index (χ0n) is 26.1. The second-order valence-corrected chi connectivity index (χ2v) is 12.3. The third-order valence-electron chi connectivity index (χ3n) is 9.15. The summed E-state index contributed by atoms with van der Waals surface area (Å²) in [6.07, 6.45) is -1.47. The van der Waals surface area contributed by atoms with Crippen LogP contribution >= 0.6 is 0 Å². The van der Waals surface area contributed by atoms with Crippen molar-refractivity contribution in [3.8, 4) is 11.3 Å². The molecule has 0 N–H and O–H groups in total. The van der Waals surface area contributed by atoms with Crippen LogP contribution in [0.15, 0.2) is 120 Å². The summed E-state index contributed by atoms with van der Waals surface area (Å²) in [7, 11) is 0. The average Bonchev–Trinajstić information content (AvgIpc) is 3.74. The highest BCUT2D eigenvalue weighted by atomic mass is 16.6. The van der Waals surface area contributed by atoms with Crippen LogP contribution in [0.5, 0.6) is 0 Å². The maximum Gasteiger partial charge on any atom is 0.338 e. The van der Waals surface area contributed by atoms with Crippen LogP contribution in [-0.2, 0) is 14.2 Å². The third-order valence-corrected chi connectivity index (χ3v) is 9.15. The van der Waals surface area contributed by atoms with Crippen molar-refractivity contribution in [2.75, 3.05) is 6.61 Å². The number of ether oxygens (including phenoxy) is 3. The molecule has 47 heavy (non-hydrogen) atoms. The lowest BCUT2D eigenvalue weighted by molar-refractivity contribution is -0.0456. The number of aryl methyl sites for hydroxylation is 2. The number of hydrogen-bond acceptors (Lipinski definition) is 6. The molecule has 1 aromatic heterocycles. The van der Waals surface area contributed by atoms with Crippen LogP contribution in [0, 0.1) is 13.8 Å². The van der Waals surface area contributed by atoms with E-state index in [1.54, 1.807) is 24.3 Å².